The SMILES string of the molecule is Cl.NC[C@H]1CC[C@H](C(=O)N(c2ccc(-c3noc(=O)[nH]3)cc2)[C@@H](Cc2cccc(-c3cnccc3Cl)c2)C(N)=O)CC1. The normalized spacial score (nSPS) is 17.2. The molecular formula is C30H32Cl2N6O4. The quantitative estimate of drug-likeness (QED) is 0.253. The Balaban J connectivity index is 0.00000405. The van der Waals surface area contributed by atoms with Crippen molar-refractivity contribution in [2.45, 2.75) is 38.1 Å². The van der Waals surface area contributed by atoms with Crippen LogP contribution in [0.1, 0.15) is 31.2 Å². The number of rotatable bonds is 9. The standard InChI is InChI=1S/C30H31ClN6O4.ClH/c31-25-12-13-34-17-24(25)22-3-1-2-19(14-22)15-26(27(33)38)37(29(39)21-6-4-18(16-32)5-7-21)23-10-8-20(9-11-23)28-35-30(40)41-36-28;/h1-3,8-14,17-18,21,26H,4-7,15-16,32H2,(H2,33,38)(H,35,36,40);1H/t18-,21-,26-;/m0./s1. The highest BCUT2D eigenvalue weighted by atomic mass is 35.5. The van der Waals surface area contributed by atoms with Gasteiger partial charge < -0.3 is 11.5 Å². The molecule has 1 aliphatic carbocycles. The van der Waals surface area contributed by atoms with Gasteiger partial charge in [-0.15, -0.1) is 12.4 Å². The van der Waals surface area contributed by atoms with E-state index in [-0.39, 0.29) is 36.5 Å². The summed E-state index contributed by atoms with van der Waals surface area (Å²) >= 11 is 6.40. The number of hydrogen-bond acceptors (Lipinski definition) is 7. The van der Waals surface area contributed by atoms with E-state index in [1.54, 1.807) is 42.7 Å². The molecule has 2 heterocycles. The zero-order valence-electron chi connectivity index (χ0n) is 22.7. The molecule has 220 valence electrons. The van der Waals surface area contributed by atoms with Crippen LogP contribution in [-0.4, -0.2) is 39.5 Å². The van der Waals surface area contributed by atoms with Gasteiger partial charge >= 0.3 is 5.76 Å². The van der Waals surface area contributed by atoms with Crippen molar-refractivity contribution < 1.29 is 14.1 Å². The smallest absolute Gasteiger partial charge is 0.368 e. The lowest BCUT2D eigenvalue weighted by atomic mass is 9.81. The number of carbonyl (C=O) groups excluding carboxylic acids is 2. The van der Waals surface area contributed by atoms with Crippen LogP contribution in [0.25, 0.3) is 22.5 Å². The number of nitrogens with two attached hydrogens (primary N) is 2. The van der Waals surface area contributed by atoms with Crippen LogP contribution in [0.5, 0.6) is 0 Å². The van der Waals surface area contributed by atoms with Crippen LogP contribution in [0.15, 0.2) is 76.3 Å². The number of pyridine rings is 1. The van der Waals surface area contributed by atoms with Crippen LogP contribution in [-0.2, 0) is 16.0 Å². The lowest BCUT2D eigenvalue weighted by Gasteiger charge is -2.35. The van der Waals surface area contributed by atoms with Crippen molar-refractivity contribution in [1.29, 1.82) is 0 Å². The maximum Gasteiger partial charge on any atom is 0.439 e. The molecule has 0 aliphatic heterocycles. The highest BCUT2D eigenvalue weighted by molar-refractivity contribution is 6.33. The molecule has 2 amide bonds. The highest BCUT2D eigenvalue weighted by Gasteiger charge is 2.36. The second-order valence-electron chi connectivity index (χ2n) is 10.3. The van der Waals surface area contributed by atoms with E-state index in [0.29, 0.717) is 41.6 Å². The van der Waals surface area contributed by atoms with Gasteiger partial charge in [-0.05, 0) is 79.6 Å². The summed E-state index contributed by atoms with van der Waals surface area (Å²) in [5, 5.41) is 4.28. The maximum atomic E-state index is 14.1. The van der Waals surface area contributed by atoms with E-state index in [1.807, 2.05) is 24.3 Å². The molecule has 0 radical (unpaired) electrons. The third-order valence-corrected chi connectivity index (χ3v) is 8.03. The monoisotopic (exact) mass is 610 g/mol. The van der Waals surface area contributed by atoms with Crippen LogP contribution < -0.4 is 22.1 Å². The molecule has 1 fully saturated rings. The van der Waals surface area contributed by atoms with Crippen LogP contribution in [0.4, 0.5) is 5.69 Å². The molecule has 1 aliphatic rings. The van der Waals surface area contributed by atoms with E-state index in [0.717, 1.165) is 29.5 Å². The summed E-state index contributed by atoms with van der Waals surface area (Å²) in [5.74, 6) is -1.05. The first-order chi connectivity index (χ1) is 19.8. The molecule has 0 unspecified atom stereocenters. The molecule has 42 heavy (non-hydrogen) atoms. The van der Waals surface area contributed by atoms with E-state index in [2.05, 4.69) is 19.6 Å². The van der Waals surface area contributed by atoms with Gasteiger partial charge in [0.15, 0.2) is 5.82 Å². The van der Waals surface area contributed by atoms with Gasteiger partial charge in [0.05, 0.1) is 5.02 Å². The number of primary amides is 1. The summed E-state index contributed by atoms with van der Waals surface area (Å²) in [5.41, 5.74) is 15.4. The molecule has 2 aromatic carbocycles. The molecule has 0 saturated heterocycles. The first kappa shape index (κ1) is 31.0. The first-order valence-corrected chi connectivity index (χ1v) is 13.9. The number of H-pyrrole nitrogens is 1. The van der Waals surface area contributed by atoms with Gasteiger partial charge in [-0.25, -0.2) is 4.79 Å². The second kappa shape index (κ2) is 13.8. The number of amides is 2. The Kier molecular flexibility index (Phi) is 10.2. The highest BCUT2D eigenvalue weighted by Crippen LogP contribution is 2.33. The zero-order valence-corrected chi connectivity index (χ0v) is 24.3. The summed E-state index contributed by atoms with van der Waals surface area (Å²) < 4.78 is 4.61. The Morgan fingerprint density at radius 1 is 1.07 bits per heavy atom. The number of benzene rings is 2. The molecule has 10 nitrogen and oxygen atoms in total. The Hall–Kier alpha value is -3.99. The van der Waals surface area contributed by atoms with Gasteiger partial charge in [0.25, 0.3) is 0 Å². The predicted octanol–water partition coefficient (Wildman–Crippen LogP) is 4.36. The van der Waals surface area contributed by atoms with Crippen molar-refractivity contribution in [3.8, 4) is 22.5 Å². The molecular weight excluding hydrogens is 579 g/mol. The number of nitrogens with one attached hydrogen (secondary N) is 1. The summed E-state index contributed by atoms with van der Waals surface area (Å²) in [4.78, 5) is 46.8. The van der Waals surface area contributed by atoms with Gasteiger partial charge in [-0.3, -0.25) is 29.0 Å². The predicted molar refractivity (Wildman–Crippen MR) is 163 cm³/mol. The fourth-order valence-corrected chi connectivity index (χ4v) is 5.65. The average molecular weight is 612 g/mol. The molecule has 2 aromatic heterocycles. The Morgan fingerprint density at radius 2 is 1.81 bits per heavy atom. The third-order valence-electron chi connectivity index (χ3n) is 7.70. The fourth-order valence-electron chi connectivity index (χ4n) is 5.43. The molecule has 0 spiro atoms. The minimum absolute atomic E-state index is 0. The number of aromatic nitrogens is 3. The second-order valence-corrected chi connectivity index (χ2v) is 10.7. The summed E-state index contributed by atoms with van der Waals surface area (Å²) in [7, 11) is 0. The van der Waals surface area contributed by atoms with Crippen LogP contribution in [0, 0.1) is 11.8 Å². The largest absolute Gasteiger partial charge is 0.439 e. The zero-order chi connectivity index (χ0) is 28.9. The molecule has 5 rings (SSSR count). The Bertz CT molecular complexity index is 1580. The van der Waals surface area contributed by atoms with Crippen LogP contribution in [0.3, 0.4) is 0 Å². The van der Waals surface area contributed by atoms with Gasteiger partial charge in [0.1, 0.15) is 6.04 Å². The topological polar surface area (TPSA) is 161 Å². The Morgan fingerprint density at radius 3 is 2.43 bits per heavy atom. The Labute approximate surface area is 253 Å². The number of nitrogens with zero attached hydrogens (tertiary/aromatic N) is 3. The van der Waals surface area contributed by atoms with E-state index in [4.69, 9.17) is 23.1 Å². The van der Waals surface area contributed by atoms with Gasteiger partial charge in [0, 0.05) is 41.5 Å². The summed E-state index contributed by atoms with van der Waals surface area (Å²) in [6, 6.07) is 15.2. The number of hydrogen-bond donors (Lipinski definition) is 3. The lowest BCUT2D eigenvalue weighted by Crippen LogP contribution is -2.52. The third kappa shape index (κ3) is 6.89. The number of anilines is 1. The molecule has 4 aromatic rings. The van der Waals surface area contributed by atoms with Crippen molar-refractivity contribution in [3.05, 3.63) is 88.1 Å². The fraction of sp³-hybridized carbons (Fsp3) is 0.300. The van der Waals surface area contributed by atoms with Crippen molar-refractivity contribution in [2.24, 2.45) is 23.3 Å². The minimum atomic E-state index is -0.952. The number of aromatic amines is 1. The lowest BCUT2D eigenvalue weighted by molar-refractivity contribution is -0.127. The molecule has 1 atom stereocenters. The molecule has 0 bridgehead atoms. The molecule has 1 saturated carbocycles. The van der Waals surface area contributed by atoms with Crippen molar-refractivity contribution >= 4 is 41.5 Å². The van der Waals surface area contributed by atoms with E-state index < -0.39 is 17.7 Å². The van der Waals surface area contributed by atoms with Crippen molar-refractivity contribution in [1.82, 2.24) is 15.1 Å². The molecule has 12 heteroatoms. The van der Waals surface area contributed by atoms with E-state index >= 15 is 0 Å². The number of halogens is 2. The van der Waals surface area contributed by atoms with Gasteiger partial charge in [-0.2, -0.15) is 0 Å². The van der Waals surface area contributed by atoms with Gasteiger partial charge in [0.2, 0.25) is 11.8 Å². The molecule has 5 N–H and O–H groups in total. The first-order valence-electron chi connectivity index (χ1n) is 13.5. The van der Waals surface area contributed by atoms with E-state index in [9.17, 15) is 14.4 Å². The number of carbonyl (C=O) groups is 2. The van der Waals surface area contributed by atoms with E-state index in [1.165, 1.54) is 4.90 Å². The average Bonchev–Trinajstić information content (AvgIpc) is 3.43. The minimum Gasteiger partial charge on any atom is -0.368 e. The van der Waals surface area contributed by atoms with Gasteiger partial charge in [-0.1, -0.05) is 41.0 Å². The summed E-state index contributed by atoms with van der Waals surface area (Å²) in [6.45, 7) is 0.595. The maximum absolute atomic E-state index is 14.1. The van der Waals surface area contributed by atoms with Crippen molar-refractivity contribution in [2.75, 3.05) is 11.4 Å². The van der Waals surface area contributed by atoms with Crippen LogP contribution in [0.2, 0.25) is 5.02 Å². The summed E-state index contributed by atoms with van der Waals surface area (Å²) in [6.07, 6.45) is 6.59. The van der Waals surface area contributed by atoms with Crippen molar-refractivity contribution in [3.63, 3.8) is 0 Å². The van der Waals surface area contributed by atoms with Crippen LogP contribution >= 0.6 is 24.0 Å².